The molecule has 1 N–H and O–H groups in total. The van der Waals surface area contributed by atoms with Gasteiger partial charge >= 0.3 is 11.9 Å². The molecule has 0 aromatic heterocycles. The minimum atomic E-state index is -1.21. The lowest BCUT2D eigenvalue weighted by Gasteiger charge is -2.21. The largest absolute Gasteiger partial charge is 0.481 e. The second-order valence-electron chi connectivity index (χ2n) is 2.99. The summed E-state index contributed by atoms with van der Waals surface area (Å²) < 4.78 is 4.39. The smallest absolute Gasteiger partial charge is 0.325 e. The number of carboxylic acids is 1. The minimum absolute atomic E-state index is 0.219. The highest BCUT2D eigenvalue weighted by Crippen LogP contribution is 2.03. The van der Waals surface area contributed by atoms with Gasteiger partial charge in [0.15, 0.2) is 0 Å². The highest BCUT2D eigenvalue weighted by Gasteiger charge is 2.26. The third-order valence-electron chi connectivity index (χ3n) is 1.98. The van der Waals surface area contributed by atoms with Crippen molar-refractivity contribution in [2.24, 2.45) is 5.92 Å². The molecule has 0 rings (SSSR count). The number of hydrogen-bond acceptors (Lipinski definition) is 4. The molecular weight excluding hydrogens is 202 g/mol. The van der Waals surface area contributed by atoms with Gasteiger partial charge in [-0.1, -0.05) is 0 Å². The van der Waals surface area contributed by atoms with Crippen LogP contribution in [0.15, 0.2) is 0 Å². The lowest BCUT2D eigenvalue weighted by atomic mass is 10.1. The van der Waals surface area contributed by atoms with E-state index >= 15 is 0 Å². The van der Waals surface area contributed by atoms with Crippen molar-refractivity contribution in [1.82, 2.24) is 4.90 Å². The third-order valence-corrected chi connectivity index (χ3v) is 1.98. The first kappa shape index (κ1) is 13.4. The quantitative estimate of drug-likeness (QED) is 0.506. The van der Waals surface area contributed by atoms with E-state index in [9.17, 15) is 14.4 Å². The lowest BCUT2D eigenvalue weighted by molar-refractivity contribution is -0.154. The van der Waals surface area contributed by atoms with Crippen LogP contribution >= 0.6 is 0 Å². The predicted molar refractivity (Wildman–Crippen MR) is 51.1 cm³/mol. The Kier molecular flexibility index (Phi) is 5.36. The number of carbonyl (C=O) groups excluding carboxylic acids is 2. The zero-order chi connectivity index (χ0) is 12.0. The lowest BCUT2D eigenvalue weighted by Crippen LogP contribution is -2.41. The molecule has 0 saturated heterocycles. The summed E-state index contributed by atoms with van der Waals surface area (Å²) in [5.74, 6) is -3.50. The predicted octanol–water partition coefficient (Wildman–Crippen LogP) is -0.271. The van der Waals surface area contributed by atoms with Gasteiger partial charge in [0, 0.05) is 6.54 Å². The molecule has 86 valence electrons. The zero-order valence-corrected chi connectivity index (χ0v) is 9.02. The molecule has 6 heteroatoms. The Balaban J connectivity index is 4.47. The summed E-state index contributed by atoms with van der Waals surface area (Å²) in [4.78, 5) is 34.1. The summed E-state index contributed by atoms with van der Waals surface area (Å²) in [5, 5.41) is 8.62. The fraction of sp³-hybridized carbons (Fsp3) is 0.667. The number of rotatable bonds is 5. The van der Waals surface area contributed by atoms with Gasteiger partial charge in [-0.3, -0.25) is 14.4 Å². The van der Waals surface area contributed by atoms with Crippen LogP contribution in [0, 0.1) is 5.92 Å². The molecule has 15 heavy (non-hydrogen) atoms. The number of esters is 1. The van der Waals surface area contributed by atoms with Crippen molar-refractivity contribution >= 4 is 17.8 Å². The van der Waals surface area contributed by atoms with E-state index in [2.05, 4.69) is 4.74 Å². The maximum Gasteiger partial charge on any atom is 0.325 e. The Hall–Kier alpha value is -1.59. The van der Waals surface area contributed by atoms with Gasteiger partial charge in [-0.05, 0) is 13.8 Å². The summed E-state index contributed by atoms with van der Waals surface area (Å²) in [5.41, 5.74) is 0. The van der Waals surface area contributed by atoms with E-state index in [-0.39, 0.29) is 13.1 Å². The van der Waals surface area contributed by atoms with Crippen molar-refractivity contribution in [2.75, 3.05) is 20.2 Å². The van der Waals surface area contributed by atoms with Gasteiger partial charge in [0.25, 0.3) is 0 Å². The number of carbonyl (C=O) groups is 3. The second kappa shape index (κ2) is 6.00. The number of methoxy groups -OCH3 is 1. The van der Waals surface area contributed by atoms with Crippen molar-refractivity contribution in [3.63, 3.8) is 0 Å². The van der Waals surface area contributed by atoms with Crippen molar-refractivity contribution in [1.29, 1.82) is 0 Å². The van der Waals surface area contributed by atoms with E-state index in [4.69, 9.17) is 5.11 Å². The van der Waals surface area contributed by atoms with Crippen LogP contribution in [0.5, 0.6) is 0 Å². The van der Waals surface area contributed by atoms with E-state index in [1.165, 1.54) is 14.0 Å². The normalized spacial score (nSPS) is 11.7. The molecular formula is C9H15NO5. The molecule has 0 aliphatic heterocycles. The van der Waals surface area contributed by atoms with Gasteiger partial charge in [0.05, 0.1) is 7.11 Å². The Morgan fingerprint density at radius 2 is 1.93 bits per heavy atom. The summed E-state index contributed by atoms with van der Waals surface area (Å²) in [6.45, 7) is 3.00. The standard InChI is InChI=1S/C9H15NO5/c1-4-10(5-7(11)15-3)8(12)6(2)9(13)14/h6H,4-5H2,1-3H3,(H,13,14). The Morgan fingerprint density at radius 1 is 1.40 bits per heavy atom. The molecule has 0 aliphatic rings. The third kappa shape index (κ3) is 3.97. The first-order valence-electron chi connectivity index (χ1n) is 4.52. The second-order valence-corrected chi connectivity index (χ2v) is 2.99. The van der Waals surface area contributed by atoms with Crippen LogP contribution in [-0.4, -0.2) is 48.1 Å². The van der Waals surface area contributed by atoms with Gasteiger partial charge in [-0.25, -0.2) is 0 Å². The Bertz CT molecular complexity index is 263. The molecule has 0 aromatic carbocycles. The van der Waals surface area contributed by atoms with Crippen molar-refractivity contribution in [3.05, 3.63) is 0 Å². The summed E-state index contributed by atoms with van der Waals surface area (Å²) in [6, 6.07) is 0. The fourth-order valence-electron chi connectivity index (χ4n) is 0.945. The maximum atomic E-state index is 11.5. The SMILES string of the molecule is CCN(CC(=O)OC)C(=O)C(C)C(=O)O. The topological polar surface area (TPSA) is 83.9 Å². The highest BCUT2D eigenvalue weighted by molar-refractivity contribution is 5.97. The summed E-state index contributed by atoms with van der Waals surface area (Å²) in [6.07, 6.45) is 0. The first-order chi connectivity index (χ1) is 6.93. The number of ether oxygens (including phenoxy) is 1. The average molecular weight is 217 g/mol. The van der Waals surface area contributed by atoms with E-state index < -0.39 is 23.8 Å². The molecule has 6 nitrogen and oxygen atoms in total. The Morgan fingerprint density at radius 3 is 2.27 bits per heavy atom. The number of hydrogen-bond donors (Lipinski definition) is 1. The maximum absolute atomic E-state index is 11.5. The van der Waals surface area contributed by atoms with Crippen LogP contribution in [0.1, 0.15) is 13.8 Å². The summed E-state index contributed by atoms with van der Waals surface area (Å²) in [7, 11) is 1.21. The Labute approximate surface area is 87.8 Å². The minimum Gasteiger partial charge on any atom is -0.481 e. The van der Waals surface area contributed by atoms with Gasteiger partial charge in [-0.2, -0.15) is 0 Å². The van der Waals surface area contributed by atoms with Crippen LogP contribution in [-0.2, 0) is 19.1 Å². The van der Waals surface area contributed by atoms with Gasteiger partial charge < -0.3 is 14.7 Å². The molecule has 1 amide bonds. The van der Waals surface area contributed by atoms with Crippen molar-refractivity contribution in [3.8, 4) is 0 Å². The number of aliphatic carboxylic acids is 1. The fourth-order valence-corrected chi connectivity index (χ4v) is 0.945. The average Bonchev–Trinajstić information content (AvgIpc) is 2.23. The molecule has 0 bridgehead atoms. The number of amides is 1. The number of carboxylic acid groups (broad SMARTS) is 1. The van der Waals surface area contributed by atoms with Crippen molar-refractivity contribution < 1.29 is 24.2 Å². The monoisotopic (exact) mass is 217 g/mol. The molecule has 0 spiro atoms. The van der Waals surface area contributed by atoms with Crippen LogP contribution in [0.2, 0.25) is 0 Å². The van der Waals surface area contributed by atoms with Crippen LogP contribution in [0.25, 0.3) is 0 Å². The van der Waals surface area contributed by atoms with Crippen LogP contribution < -0.4 is 0 Å². The van der Waals surface area contributed by atoms with E-state index in [0.717, 1.165) is 4.90 Å². The van der Waals surface area contributed by atoms with Crippen LogP contribution in [0.3, 0.4) is 0 Å². The van der Waals surface area contributed by atoms with E-state index in [1.807, 2.05) is 0 Å². The van der Waals surface area contributed by atoms with Crippen LogP contribution in [0.4, 0.5) is 0 Å². The molecule has 0 radical (unpaired) electrons. The molecule has 0 fully saturated rings. The molecule has 1 unspecified atom stereocenters. The number of nitrogens with zero attached hydrogens (tertiary/aromatic N) is 1. The van der Waals surface area contributed by atoms with E-state index in [1.54, 1.807) is 6.92 Å². The van der Waals surface area contributed by atoms with Crippen molar-refractivity contribution in [2.45, 2.75) is 13.8 Å². The van der Waals surface area contributed by atoms with Gasteiger partial charge in [0.2, 0.25) is 5.91 Å². The molecule has 0 saturated carbocycles. The molecule has 1 atom stereocenters. The van der Waals surface area contributed by atoms with Gasteiger partial charge in [0.1, 0.15) is 12.5 Å². The first-order valence-corrected chi connectivity index (χ1v) is 4.52. The highest BCUT2D eigenvalue weighted by atomic mass is 16.5. The molecule has 0 aliphatic carbocycles. The zero-order valence-electron chi connectivity index (χ0n) is 9.02. The number of likely N-dealkylation sites (N-methyl/N-ethyl adjacent to an activating group) is 1. The van der Waals surface area contributed by atoms with E-state index in [0.29, 0.717) is 0 Å². The van der Waals surface area contributed by atoms with Gasteiger partial charge in [-0.15, -0.1) is 0 Å². The molecule has 0 aromatic rings. The summed E-state index contributed by atoms with van der Waals surface area (Å²) >= 11 is 0. The molecule has 0 heterocycles.